The van der Waals surface area contributed by atoms with Crippen LogP contribution in [0.1, 0.15) is 21.5 Å². The van der Waals surface area contributed by atoms with Gasteiger partial charge in [0.25, 0.3) is 5.56 Å². The molecule has 3 rings (SSSR count). The Morgan fingerprint density at radius 2 is 1.78 bits per heavy atom. The number of nitrogens with one attached hydrogen (secondary N) is 1. The number of aromatic hydroxyl groups is 1. The van der Waals surface area contributed by atoms with Gasteiger partial charge in [-0.1, -0.05) is 48.0 Å². The zero-order valence-electron chi connectivity index (χ0n) is 12.5. The third-order valence-corrected chi connectivity index (χ3v) is 3.65. The molecule has 0 spiro atoms. The first kappa shape index (κ1) is 14.8. The molecule has 114 valence electrons. The number of H-pyrrole nitrogens is 1. The second-order valence-electron chi connectivity index (χ2n) is 5.33. The van der Waals surface area contributed by atoms with Crippen LogP contribution in [0.2, 0.25) is 0 Å². The summed E-state index contributed by atoms with van der Waals surface area (Å²) in [6.45, 7) is 1.98. The molecular formula is C19H15NO3. The van der Waals surface area contributed by atoms with E-state index in [0.717, 1.165) is 11.1 Å². The van der Waals surface area contributed by atoms with Crippen molar-refractivity contribution >= 4 is 22.8 Å². The van der Waals surface area contributed by atoms with Crippen molar-refractivity contribution in [1.29, 1.82) is 0 Å². The lowest BCUT2D eigenvalue weighted by molar-refractivity contribution is 0.104. The Morgan fingerprint density at radius 1 is 1.09 bits per heavy atom. The highest BCUT2D eigenvalue weighted by atomic mass is 16.3. The van der Waals surface area contributed by atoms with E-state index >= 15 is 0 Å². The molecule has 0 saturated carbocycles. The van der Waals surface area contributed by atoms with Crippen molar-refractivity contribution in [2.45, 2.75) is 6.92 Å². The zero-order chi connectivity index (χ0) is 16.4. The van der Waals surface area contributed by atoms with Crippen molar-refractivity contribution in [3.63, 3.8) is 0 Å². The van der Waals surface area contributed by atoms with E-state index in [1.165, 1.54) is 6.08 Å². The molecule has 4 heteroatoms. The SMILES string of the molecule is Cc1ccc(/C=C/C(=O)c2c(O)c3ccccc3[nH]c2=O)cc1. The third kappa shape index (κ3) is 2.92. The lowest BCUT2D eigenvalue weighted by Gasteiger charge is -2.04. The van der Waals surface area contributed by atoms with Gasteiger partial charge in [0.1, 0.15) is 11.3 Å². The zero-order valence-corrected chi connectivity index (χ0v) is 12.5. The Balaban J connectivity index is 2.01. The molecule has 1 aromatic heterocycles. The Labute approximate surface area is 132 Å². The molecule has 0 amide bonds. The average Bonchev–Trinajstić information content (AvgIpc) is 2.54. The minimum atomic E-state index is -0.597. The van der Waals surface area contributed by atoms with Crippen LogP contribution in [-0.4, -0.2) is 15.9 Å². The molecule has 4 nitrogen and oxygen atoms in total. The number of carbonyl (C=O) groups is 1. The van der Waals surface area contributed by atoms with E-state index < -0.39 is 11.3 Å². The number of pyridine rings is 1. The number of carbonyl (C=O) groups excluding carboxylic acids is 1. The van der Waals surface area contributed by atoms with E-state index in [0.29, 0.717) is 10.9 Å². The molecule has 0 radical (unpaired) electrons. The van der Waals surface area contributed by atoms with Crippen molar-refractivity contribution < 1.29 is 9.90 Å². The van der Waals surface area contributed by atoms with Crippen LogP contribution >= 0.6 is 0 Å². The number of aryl methyl sites for hydroxylation is 1. The quantitative estimate of drug-likeness (QED) is 0.575. The predicted octanol–water partition coefficient (Wildman–Crippen LogP) is 3.44. The fraction of sp³-hybridized carbons (Fsp3) is 0.0526. The van der Waals surface area contributed by atoms with Crippen LogP contribution in [0.15, 0.2) is 59.4 Å². The van der Waals surface area contributed by atoms with Gasteiger partial charge in [0, 0.05) is 5.39 Å². The van der Waals surface area contributed by atoms with Crippen LogP contribution in [0.4, 0.5) is 0 Å². The lowest BCUT2D eigenvalue weighted by Crippen LogP contribution is -2.16. The molecular weight excluding hydrogens is 290 g/mol. The number of benzene rings is 2. The first-order chi connectivity index (χ1) is 11.1. The van der Waals surface area contributed by atoms with E-state index in [-0.39, 0.29) is 11.3 Å². The average molecular weight is 305 g/mol. The normalized spacial score (nSPS) is 11.2. The minimum Gasteiger partial charge on any atom is -0.506 e. The van der Waals surface area contributed by atoms with Gasteiger partial charge in [0.2, 0.25) is 0 Å². The molecule has 0 aliphatic heterocycles. The maximum absolute atomic E-state index is 12.3. The third-order valence-electron chi connectivity index (χ3n) is 3.65. The number of allylic oxidation sites excluding steroid dienone is 1. The molecule has 2 N–H and O–H groups in total. The van der Waals surface area contributed by atoms with Crippen molar-refractivity contribution in [2.24, 2.45) is 0 Å². The fourth-order valence-electron chi connectivity index (χ4n) is 2.39. The van der Waals surface area contributed by atoms with Gasteiger partial charge in [0.15, 0.2) is 5.78 Å². The summed E-state index contributed by atoms with van der Waals surface area (Å²) in [4.78, 5) is 27.0. The van der Waals surface area contributed by atoms with Gasteiger partial charge < -0.3 is 10.1 Å². The monoisotopic (exact) mass is 305 g/mol. The van der Waals surface area contributed by atoms with Gasteiger partial charge >= 0.3 is 0 Å². The van der Waals surface area contributed by atoms with Gasteiger partial charge in [0.05, 0.1) is 5.52 Å². The van der Waals surface area contributed by atoms with E-state index in [2.05, 4.69) is 4.98 Å². The molecule has 0 atom stereocenters. The Kier molecular flexibility index (Phi) is 3.81. The highest BCUT2D eigenvalue weighted by molar-refractivity contribution is 6.10. The Bertz CT molecular complexity index is 966. The number of para-hydroxylation sites is 1. The summed E-state index contributed by atoms with van der Waals surface area (Å²) in [6, 6.07) is 14.4. The molecule has 1 heterocycles. The molecule has 0 aliphatic carbocycles. The fourth-order valence-corrected chi connectivity index (χ4v) is 2.39. The summed E-state index contributed by atoms with van der Waals surface area (Å²) in [7, 11) is 0. The number of aromatic amines is 1. The number of fused-ring (bicyclic) bond motifs is 1. The standard InChI is InChI=1S/C19H15NO3/c1-12-6-8-13(9-7-12)10-11-16(21)17-18(22)14-4-2-3-5-15(14)20-19(17)23/h2-11H,1H3,(H2,20,22,23)/b11-10+. The summed E-state index contributed by atoms with van der Waals surface area (Å²) in [5.74, 6) is -0.821. The first-order valence-electron chi connectivity index (χ1n) is 7.19. The highest BCUT2D eigenvalue weighted by Crippen LogP contribution is 2.25. The number of rotatable bonds is 3. The topological polar surface area (TPSA) is 70.2 Å². The van der Waals surface area contributed by atoms with Gasteiger partial charge in [-0.05, 0) is 30.7 Å². The van der Waals surface area contributed by atoms with Crippen LogP contribution in [0.3, 0.4) is 0 Å². The molecule has 2 aromatic carbocycles. The molecule has 0 fully saturated rings. The van der Waals surface area contributed by atoms with Gasteiger partial charge in [-0.2, -0.15) is 0 Å². The van der Waals surface area contributed by atoms with Crippen molar-refractivity contribution in [1.82, 2.24) is 4.98 Å². The number of hydrogen-bond acceptors (Lipinski definition) is 3. The maximum Gasteiger partial charge on any atom is 0.263 e. The van der Waals surface area contributed by atoms with Gasteiger partial charge in [-0.25, -0.2) is 0 Å². The van der Waals surface area contributed by atoms with E-state index in [1.807, 2.05) is 31.2 Å². The summed E-state index contributed by atoms with van der Waals surface area (Å²) < 4.78 is 0. The van der Waals surface area contributed by atoms with E-state index in [1.54, 1.807) is 30.3 Å². The minimum absolute atomic E-state index is 0.243. The van der Waals surface area contributed by atoms with Crippen molar-refractivity contribution in [3.8, 4) is 5.75 Å². The second-order valence-corrected chi connectivity index (χ2v) is 5.33. The van der Waals surface area contributed by atoms with Crippen molar-refractivity contribution in [2.75, 3.05) is 0 Å². The number of ketones is 1. The van der Waals surface area contributed by atoms with Crippen LogP contribution in [0.25, 0.3) is 17.0 Å². The summed E-state index contributed by atoms with van der Waals surface area (Å²) >= 11 is 0. The molecule has 0 saturated heterocycles. The van der Waals surface area contributed by atoms with E-state index in [4.69, 9.17) is 0 Å². The van der Waals surface area contributed by atoms with Gasteiger partial charge in [-0.3, -0.25) is 9.59 Å². The Hall–Kier alpha value is -3.14. The van der Waals surface area contributed by atoms with E-state index in [9.17, 15) is 14.7 Å². The first-order valence-corrected chi connectivity index (χ1v) is 7.19. The molecule has 3 aromatic rings. The van der Waals surface area contributed by atoms with Crippen LogP contribution in [0.5, 0.6) is 5.75 Å². The molecule has 0 aliphatic rings. The maximum atomic E-state index is 12.3. The Morgan fingerprint density at radius 3 is 2.52 bits per heavy atom. The highest BCUT2D eigenvalue weighted by Gasteiger charge is 2.16. The summed E-state index contributed by atoms with van der Waals surface area (Å²) in [5, 5.41) is 10.7. The second kappa shape index (κ2) is 5.93. The van der Waals surface area contributed by atoms with Crippen LogP contribution < -0.4 is 5.56 Å². The van der Waals surface area contributed by atoms with Gasteiger partial charge in [-0.15, -0.1) is 0 Å². The van der Waals surface area contributed by atoms with Crippen LogP contribution in [0, 0.1) is 6.92 Å². The lowest BCUT2D eigenvalue weighted by atomic mass is 10.1. The van der Waals surface area contributed by atoms with Crippen LogP contribution in [-0.2, 0) is 0 Å². The molecule has 0 bridgehead atoms. The number of aromatic nitrogens is 1. The number of hydrogen-bond donors (Lipinski definition) is 2. The summed E-state index contributed by atoms with van der Waals surface area (Å²) in [6.07, 6.45) is 2.92. The van der Waals surface area contributed by atoms with Crippen molar-refractivity contribution in [3.05, 3.63) is 81.7 Å². The summed E-state index contributed by atoms with van der Waals surface area (Å²) in [5.41, 5.74) is 1.62. The smallest absolute Gasteiger partial charge is 0.263 e. The largest absolute Gasteiger partial charge is 0.506 e. The molecule has 23 heavy (non-hydrogen) atoms. The molecule has 0 unspecified atom stereocenters. The predicted molar refractivity (Wildman–Crippen MR) is 90.8 cm³/mol.